The molecular formula is C14H14N2O. The van der Waals surface area contributed by atoms with Crippen molar-refractivity contribution in [3.05, 3.63) is 46.9 Å². The van der Waals surface area contributed by atoms with Gasteiger partial charge in [-0.05, 0) is 49.6 Å². The van der Waals surface area contributed by atoms with Crippen molar-refractivity contribution in [3.63, 3.8) is 0 Å². The number of rotatable bonds is 2. The van der Waals surface area contributed by atoms with E-state index in [4.69, 9.17) is 0 Å². The summed E-state index contributed by atoms with van der Waals surface area (Å²) in [6.45, 7) is 6.20. The van der Waals surface area contributed by atoms with Gasteiger partial charge in [-0.25, -0.2) is 9.97 Å². The van der Waals surface area contributed by atoms with Gasteiger partial charge < -0.3 is 0 Å². The Bertz CT molecular complexity index is 576. The highest BCUT2D eigenvalue weighted by Gasteiger charge is 2.06. The molecule has 1 aromatic carbocycles. The van der Waals surface area contributed by atoms with Gasteiger partial charge in [-0.2, -0.15) is 0 Å². The average molecular weight is 226 g/mol. The topological polar surface area (TPSA) is 42.9 Å². The number of aromatic nitrogens is 2. The molecule has 0 aliphatic rings. The van der Waals surface area contributed by atoms with E-state index < -0.39 is 0 Å². The number of aldehydes is 1. The molecule has 0 aliphatic heterocycles. The molecule has 0 spiro atoms. The Kier molecular flexibility index (Phi) is 3.00. The molecule has 1 aromatic heterocycles. The maximum Gasteiger partial charge on any atom is 0.193 e. The molecule has 0 N–H and O–H groups in total. The molecule has 2 rings (SSSR count). The van der Waals surface area contributed by atoms with Crippen LogP contribution in [0.1, 0.15) is 27.3 Å². The Balaban J connectivity index is 2.59. The SMILES string of the molecule is Cc1cc(C)c(-c2ccnc(C=O)n2)cc1C. The molecular weight excluding hydrogens is 212 g/mol. The highest BCUT2D eigenvalue weighted by atomic mass is 16.1. The monoisotopic (exact) mass is 226 g/mol. The number of hydrogen-bond acceptors (Lipinski definition) is 3. The molecule has 3 nitrogen and oxygen atoms in total. The molecule has 0 saturated heterocycles. The molecule has 17 heavy (non-hydrogen) atoms. The first-order valence-corrected chi connectivity index (χ1v) is 5.48. The summed E-state index contributed by atoms with van der Waals surface area (Å²) in [6, 6.07) is 6.05. The molecule has 86 valence electrons. The minimum atomic E-state index is 0.222. The molecule has 0 radical (unpaired) electrons. The number of hydrogen-bond donors (Lipinski definition) is 0. The molecule has 0 amide bonds. The van der Waals surface area contributed by atoms with Crippen molar-refractivity contribution < 1.29 is 4.79 Å². The quantitative estimate of drug-likeness (QED) is 0.739. The summed E-state index contributed by atoms with van der Waals surface area (Å²) in [5.74, 6) is 0.222. The lowest BCUT2D eigenvalue weighted by Crippen LogP contribution is -1.96. The van der Waals surface area contributed by atoms with Gasteiger partial charge in [0.1, 0.15) is 0 Å². The molecule has 1 heterocycles. The number of nitrogens with zero attached hydrogens (tertiary/aromatic N) is 2. The number of aryl methyl sites for hydroxylation is 3. The van der Waals surface area contributed by atoms with E-state index in [0.717, 1.165) is 16.8 Å². The lowest BCUT2D eigenvalue weighted by molar-refractivity contribution is 0.111. The van der Waals surface area contributed by atoms with E-state index in [-0.39, 0.29) is 5.82 Å². The van der Waals surface area contributed by atoms with E-state index in [1.165, 1.54) is 11.1 Å². The van der Waals surface area contributed by atoms with E-state index in [2.05, 4.69) is 35.9 Å². The van der Waals surface area contributed by atoms with Gasteiger partial charge in [0.05, 0.1) is 5.69 Å². The zero-order valence-corrected chi connectivity index (χ0v) is 10.2. The number of benzene rings is 1. The predicted molar refractivity (Wildman–Crippen MR) is 67.1 cm³/mol. The largest absolute Gasteiger partial charge is 0.294 e. The van der Waals surface area contributed by atoms with Crippen LogP contribution in [0, 0.1) is 20.8 Å². The first-order valence-electron chi connectivity index (χ1n) is 5.48. The molecule has 0 atom stereocenters. The van der Waals surface area contributed by atoms with Gasteiger partial charge in [0.2, 0.25) is 0 Å². The lowest BCUT2D eigenvalue weighted by atomic mass is 9.99. The fraction of sp³-hybridized carbons (Fsp3) is 0.214. The molecule has 2 aromatic rings. The first-order chi connectivity index (χ1) is 8.11. The standard InChI is InChI=1S/C14H14N2O/c1-9-6-11(3)12(7-10(9)2)13-4-5-15-14(8-17)16-13/h4-8H,1-3H3. The molecule has 0 fully saturated rings. The summed E-state index contributed by atoms with van der Waals surface area (Å²) < 4.78 is 0. The minimum Gasteiger partial charge on any atom is -0.294 e. The molecule has 0 unspecified atom stereocenters. The van der Waals surface area contributed by atoms with Crippen molar-refractivity contribution in [1.82, 2.24) is 9.97 Å². The van der Waals surface area contributed by atoms with Crippen molar-refractivity contribution in [2.75, 3.05) is 0 Å². The van der Waals surface area contributed by atoms with Gasteiger partial charge in [0, 0.05) is 11.8 Å². The Morgan fingerprint density at radius 3 is 2.47 bits per heavy atom. The van der Waals surface area contributed by atoms with Gasteiger partial charge in [0.25, 0.3) is 0 Å². The fourth-order valence-electron chi connectivity index (χ4n) is 1.82. The van der Waals surface area contributed by atoms with Crippen LogP contribution in [0.3, 0.4) is 0 Å². The predicted octanol–water partition coefficient (Wildman–Crippen LogP) is 2.88. The van der Waals surface area contributed by atoms with E-state index in [0.29, 0.717) is 6.29 Å². The summed E-state index contributed by atoms with van der Waals surface area (Å²) in [5, 5.41) is 0. The number of carbonyl (C=O) groups excluding carboxylic acids is 1. The van der Waals surface area contributed by atoms with Gasteiger partial charge in [-0.3, -0.25) is 4.79 Å². The second kappa shape index (κ2) is 4.45. The maximum absolute atomic E-state index is 10.7. The normalized spacial score (nSPS) is 10.3. The zero-order chi connectivity index (χ0) is 12.4. The third-order valence-corrected chi connectivity index (χ3v) is 2.90. The maximum atomic E-state index is 10.7. The summed E-state index contributed by atoms with van der Waals surface area (Å²) in [4.78, 5) is 18.8. The van der Waals surface area contributed by atoms with Crippen molar-refractivity contribution in [2.24, 2.45) is 0 Å². The van der Waals surface area contributed by atoms with Crippen molar-refractivity contribution in [1.29, 1.82) is 0 Å². The zero-order valence-electron chi connectivity index (χ0n) is 10.2. The van der Waals surface area contributed by atoms with Crippen LogP contribution in [-0.2, 0) is 0 Å². The van der Waals surface area contributed by atoms with Crippen LogP contribution < -0.4 is 0 Å². The lowest BCUT2D eigenvalue weighted by Gasteiger charge is -2.09. The third-order valence-electron chi connectivity index (χ3n) is 2.90. The van der Waals surface area contributed by atoms with Gasteiger partial charge in [0.15, 0.2) is 12.1 Å². The van der Waals surface area contributed by atoms with E-state index in [1.807, 2.05) is 13.0 Å². The van der Waals surface area contributed by atoms with Crippen LogP contribution in [0.2, 0.25) is 0 Å². The minimum absolute atomic E-state index is 0.222. The van der Waals surface area contributed by atoms with E-state index in [9.17, 15) is 4.79 Å². The Morgan fingerprint density at radius 1 is 1.06 bits per heavy atom. The van der Waals surface area contributed by atoms with Gasteiger partial charge >= 0.3 is 0 Å². The van der Waals surface area contributed by atoms with Crippen molar-refractivity contribution in [2.45, 2.75) is 20.8 Å². The summed E-state index contributed by atoms with van der Waals surface area (Å²) in [6.07, 6.45) is 2.28. The van der Waals surface area contributed by atoms with Crippen LogP contribution in [-0.4, -0.2) is 16.3 Å². The highest BCUT2D eigenvalue weighted by Crippen LogP contribution is 2.24. The summed E-state index contributed by atoms with van der Waals surface area (Å²) in [5.41, 5.74) is 5.48. The smallest absolute Gasteiger partial charge is 0.193 e. The summed E-state index contributed by atoms with van der Waals surface area (Å²) >= 11 is 0. The molecule has 0 aliphatic carbocycles. The Morgan fingerprint density at radius 2 is 1.76 bits per heavy atom. The van der Waals surface area contributed by atoms with E-state index in [1.54, 1.807) is 6.20 Å². The first kappa shape index (κ1) is 11.5. The Hall–Kier alpha value is -2.03. The van der Waals surface area contributed by atoms with E-state index >= 15 is 0 Å². The van der Waals surface area contributed by atoms with Gasteiger partial charge in [-0.15, -0.1) is 0 Å². The van der Waals surface area contributed by atoms with Crippen LogP contribution in [0.4, 0.5) is 0 Å². The average Bonchev–Trinajstić information content (AvgIpc) is 2.34. The van der Waals surface area contributed by atoms with Gasteiger partial charge in [-0.1, -0.05) is 6.07 Å². The second-order valence-electron chi connectivity index (χ2n) is 4.17. The highest BCUT2D eigenvalue weighted by molar-refractivity contribution is 5.72. The number of carbonyl (C=O) groups is 1. The van der Waals surface area contributed by atoms with Crippen LogP contribution in [0.5, 0.6) is 0 Å². The molecule has 3 heteroatoms. The second-order valence-corrected chi connectivity index (χ2v) is 4.17. The van der Waals surface area contributed by atoms with Crippen LogP contribution in [0.25, 0.3) is 11.3 Å². The molecule has 0 bridgehead atoms. The fourth-order valence-corrected chi connectivity index (χ4v) is 1.82. The Labute approximate surface area is 101 Å². The van der Waals surface area contributed by atoms with Crippen molar-refractivity contribution in [3.8, 4) is 11.3 Å². The van der Waals surface area contributed by atoms with Crippen molar-refractivity contribution >= 4 is 6.29 Å². The van der Waals surface area contributed by atoms with Crippen LogP contribution >= 0.6 is 0 Å². The van der Waals surface area contributed by atoms with Crippen LogP contribution in [0.15, 0.2) is 24.4 Å². The summed E-state index contributed by atoms with van der Waals surface area (Å²) in [7, 11) is 0. The molecule has 0 saturated carbocycles. The third kappa shape index (κ3) is 2.23.